The van der Waals surface area contributed by atoms with Crippen molar-refractivity contribution >= 4 is 17.4 Å². The standard InChI is InChI=1S/C13H16FN3OS/c1-13(2,3)12-16-11(18-17-12)7-19-8-4-5-10(15)9(14)6-8/h4-6H,7,15H2,1-3H3. The Bertz CT molecular complexity index is 578. The van der Waals surface area contributed by atoms with E-state index in [4.69, 9.17) is 10.3 Å². The largest absolute Gasteiger partial charge is 0.396 e. The monoisotopic (exact) mass is 281 g/mol. The van der Waals surface area contributed by atoms with Gasteiger partial charge in [-0.15, -0.1) is 11.8 Å². The van der Waals surface area contributed by atoms with Crippen LogP contribution in [0.2, 0.25) is 0 Å². The van der Waals surface area contributed by atoms with Crippen LogP contribution in [0.15, 0.2) is 27.6 Å². The van der Waals surface area contributed by atoms with Crippen molar-refractivity contribution in [1.82, 2.24) is 10.1 Å². The predicted octanol–water partition coefficient (Wildman–Crippen LogP) is 3.38. The van der Waals surface area contributed by atoms with Gasteiger partial charge in [-0.2, -0.15) is 4.98 Å². The fourth-order valence-electron chi connectivity index (χ4n) is 1.36. The Kier molecular flexibility index (Phi) is 3.80. The molecule has 0 aliphatic rings. The van der Waals surface area contributed by atoms with Crippen molar-refractivity contribution in [1.29, 1.82) is 0 Å². The van der Waals surface area contributed by atoms with Crippen LogP contribution in [0.3, 0.4) is 0 Å². The lowest BCUT2D eigenvalue weighted by atomic mass is 9.96. The normalized spacial score (nSPS) is 11.8. The first-order valence-corrected chi connectivity index (χ1v) is 6.86. The van der Waals surface area contributed by atoms with Crippen molar-refractivity contribution in [2.75, 3.05) is 5.73 Å². The van der Waals surface area contributed by atoms with Crippen LogP contribution in [0, 0.1) is 5.82 Å². The number of nitrogen functional groups attached to an aromatic ring is 1. The highest BCUT2D eigenvalue weighted by Gasteiger charge is 2.20. The molecular weight excluding hydrogens is 265 g/mol. The summed E-state index contributed by atoms with van der Waals surface area (Å²) < 4.78 is 18.4. The lowest BCUT2D eigenvalue weighted by molar-refractivity contribution is 0.373. The molecule has 19 heavy (non-hydrogen) atoms. The summed E-state index contributed by atoms with van der Waals surface area (Å²) in [6, 6.07) is 4.72. The molecule has 0 radical (unpaired) electrons. The Morgan fingerprint density at radius 1 is 1.37 bits per heavy atom. The smallest absolute Gasteiger partial charge is 0.237 e. The Labute approximate surface area is 115 Å². The lowest BCUT2D eigenvalue weighted by Gasteiger charge is -2.10. The summed E-state index contributed by atoms with van der Waals surface area (Å²) >= 11 is 1.43. The number of rotatable bonds is 3. The molecule has 0 bridgehead atoms. The Morgan fingerprint density at radius 3 is 2.68 bits per heavy atom. The second-order valence-corrected chi connectivity index (χ2v) is 6.28. The van der Waals surface area contributed by atoms with Gasteiger partial charge in [0.2, 0.25) is 5.89 Å². The van der Waals surface area contributed by atoms with Gasteiger partial charge in [-0.05, 0) is 18.2 Å². The van der Waals surface area contributed by atoms with Gasteiger partial charge < -0.3 is 10.3 Å². The molecule has 0 spiro atoms. The van der Waals surface area contributed by atoms with Crippen molar-refractivity contribution in [3.8, 4) is 0 Å². The van der Waals surface area contributed by atoms with Crippen molar-refractivity contribution in [3.63, 3.8) is 0 Å². The Hall–Kier alpha value is -1.56. The number of nitrogens with two attached hydrogens (primary N) is 1. The summed E-state index contributed by atoms with van der Waals surface area (Å²) in [6.07, 6.45) is 0. The molecule has 1 aromatic heterocycles. The van der Waals surface area contributed by atoms with Crippen LogP contribution in [0.1, 0.15) is 32.5 Å². The number of hydrogen-bond acceptors (Lipinski definition) is 5. The molecule has 1 aromatic carbocycles. The summed E-state index contributed by atoms with van der Waals surface area (Å²) in [5, 5.41) is 3.94. The van der Waals surface area contributed by atoms with Crippen molar-refractivity contribution in [2.24, 2.45) is 0 Å². The summed E-state index contributed by atoms with van der Waals surface area (Å²) in [4.78, 5) is 5.10. The molecule has 0 aliphatic carbocycles. The van der Waals surface area contributed by atoms with Crippen molar-refractivity contribution < 1.29 is 8.91 Å². The van der Waals surface area contributed by atoms with Gasteiger partial charge >= 0.3 is 0 Å². The molecule has 0 unspecified atom stereocenters. The van der Waals surface area contributed by atoms with Crippen LogP contribution in [0.4, 0.5) is 10.1 Å². The highest BCUT2D eigenvalue weighted by atomic mass is 32.2. The number of benzene rings is 1. The fraction of sp³-hybridized carbons (Fsp3) is 0.385. The molecule has 0 atom stereocenters. The quantitative estimate of drug-likeness (QED) is 0.690. The topological polar surface area (TPSA) is 64.9 Å². The van der Waals surface area contributed by atoms with E-state index >= 15 is 0 Å². The third-order valence-electron chi connectivity index (χ3n) is 2.47. The zero-order valence-electron chi connectivity index (χ0n) is 11.1. The van der Waals surface area contributed by atoms with Gasteiger partial charge in [0.25, 0.3) is 0 Å². The zero-order chi connectivity index (χ0) is 14.0. The summed E-state index contributed by atoms with van der Waals surface area (Å²) in [7, 11) is 0. The molecule has 102 valence electrons. The van der Waals surface area contributed by atoms with Gasteiger partial charge in [0.05, 0.1) is 11.4 Å². The average molecular weight is 281 g/mol. The number of nitrogens with zero attached hydrogens (tertiary/aromatic N) is 2. The van der Waals surface area contributed by atoms with E-state index in [1.807, 2.05) is 20.8 Å². The molecule has 0 saturated carbocycles. The van der Waals surface area contributed by atoms with Gasteiger partial charge in [0.15, 0.2) is 5.82 Å². The average Bonchev–Trinajstić information content (AvgIpc) is 2.79. The molecule has 0 fully saturated rings. The molecule has 2 rings (SSSR count). The van der Waals surface area contributed by atoms with Gasteiger partial charge in [-0.1, -0.05) is 25.9 Å². The van der Waals surface area contributed by atoms with Gasteiger partial charge in [-0.3, -0.25) is 0 Å². The molecule has 0 saturated heterocycles. The van der Waals surface area contributed by atoms with Gasteiger partial charge in [0, 0.05) is 10.3 Å². The van der Waals surface area contributed by atoms with Gasteiger partial charge in [-0.25, -0.2) is 4.39 Å². The minimum atomic E-state index is -0.411. The summed E-state index contributed by atoms with van der Waals surface area (Å²) in [6.45, 7) is 6.05. The van der Waals surface area contributed by atoms with Crippen molar-refractivity contribution in [3.05, 3.63) is 35.7 Å². The third-order valence-corrected chi connectivity index (χ3v) is 3.45. The fourth-order valence-corrected chi connectivity index (χ4v) is 2.12. The zero-order valence-corrected chi connectivity index (χ0v) is 11.9. The SMILES string of the molecule is CC(C)(C)c1noc(CSc2ccc(N)c(F)c2)n1. The molecule has 4 nitrogen and oxygen atoms in total. The minimum absolute atomic E-state index is 0.139. The van der Waals surface area contributed by atoms with Crippen LogP contribution in [-0.4, -0.2) is 10.1 Å². The van der Waals surface area contributed by atoms with E-state index in [1.54, 1.807) is 12.1 Å². The van der Waals surface area contributed by atoms with Crippen LogP contribution in [0.5, 0.6) is 0 Å². The first-order chi connectivity index (χ1) is 8.86. The summed E-state index contributed by atoms with van der Waals surface area (Å²) in [5.74, 6) is 1.30. The number of aromatic nitrogens is 2. The first kappa shape index (κ1) is 13.9. The molecule has 6 heteroatoms. The van der Waals surface area contributed by atoms with Crippen LogP contribution in [0.25, 0.3) is 0 Å². The molecule has 2 N–H and O–H groups in total. The maximum absolute atomic E-state index is 13.3. The molecule has 0 aliphatic heterocycles. The highest BCUT2D eigenvalue weighted by molar-refractivity contribution is 7.98. The maximum Gasteiger partial charge on any atom is 0.237 e. The second-order valence-electron chi connectivity index (χ2n) is 5.23. The Morgan fingerprint density at radius 2 is 2.11 bits per heavy atom. The first-order valence-electron chi connectivity index (χ1n) is 5.87. The van der Waals surface area contributed by atoms with Crippen molar-refractivity contribution in [2.45, 2.75) is 36.8 Å². The second kappa shape index (κ2) is 5.21. The maximum atomic E-state index is 13.3. The molecule has 2 aromatic rings. The van der Waals surface area contributed by atoms with E-state index in [0.717, 1.165) is 4.90 Å². The van der Waals surface area contributed by atoms with Crippen LogP contribution < -0.4 is 5.73 Å². The molecular formula is C13H16FN3OS. The van der Waals surface area contributed by atoms with E-state index in [2.05, 4.69) is 10.1 Å². The minimum Gasteiger partial charge on any atom is -0.396 e. The number of anilines is 1. The van der Waals surface area contributed by atoms with E-state index in [-0.39, 0.29) is 11.1 Å². The number of halogens is 1. The number of thioether (sulfide) groups is 1. The highest BCUT2D eigenvalue weighted by Crippen LogP contribution is 2.26. The van der Waals surface area contributed by atoms with Gasteiger partial charge in [0.1, 0.15) is 5.82 Å². The van der Waals surface area contributed by atoms with Crippen LogP contribution in [-0.2, 0) is 11.2 Å². The molecule has 1 heterocycles. The Balaban J connectivity index is 2.02. The molecule has 0 amide bonds. The van der Waals surface area contributed by atoms with E-state index < -0.39 is 5.82 Å². The number of hydrogen-bond donors (Lipinski definition) is 1. The van der Waals surface area contributed by atoms with E-state index in [9.17, 15) is 4.39 Å². The van der Waals surface area contributed by atoms with E-state index in [1.165, 1.54) is 17.8 Å². The summed E-state index contributed by atoms with van der Waals surface area (Å²) in [5.41, 5.74) is 5.43. The third kappa shape index (κ3) is 3.47. The predicted molar refractivity (Wildman–Crippen MR) is 73.4 cm³/mol. The van der Waals surface area contributed by atoms with Crippen LogP contribution >= 0.6 is 11.8 Å². The lowest BCUT2D eigenvalue weighted by Crippen LogP contribution is -2.13. The van der Waals surface area contributed by atoms with E-state index in [0.29, 0.717) is 17.5 Å².